The maximum atomic E-state index is 10.0. The average Bonchev–Trinajstić information content (AvgIpc) is 2.25. The van der Waals surface area contributed by atoms with Crippen molar-refractivity contribution in [3.8, 4) is 0 Å². The van der Waals surface area contributed by atoms with E-state index in [2.05, 4.69) is 19.2 Å². The van der Waals surface area contributed by atoms with E-state index in [1.807, 2.05) is 6.92 Å². The van der Waals surface area contributed by atoms with Crippen LogP contribution in [-0.2, 0) is 0 Å². The number of rotatable bonds is 11. The second-order valence-corrected chi connectivity index (χ2v) is 5.15. The zero-order chi connectivity index (χ0) is 12.3. The Hall–Kier alpha value is -0.0800. The lowest BCUT2D eigenvalue weighted by atomic mass is 9.97. The van der Waals surface area contributed by atoms with Crippen LogP contribution in [0.1, 0.15) is 72.1 Å². The van der Waals surface area contributed by atoms with Gasteiger partial charge in [0, 0.05) is 6.54 Å². The predicted octanol–water partition coefficient (Wildman–Crippen LogP) is 3.49. The van der Waals surface area contributed by atoms with Gasteiger partial charge in [-0.15, -0.1) is 0 Å². The van der Waals surface area contributed by atoms with E-state index in [1.54, 1.807) is 0 Å². The lowest BCUT2D eigenvalue weighted by Crippen LogP contribution is -2.37. The summed E-state index contributed by atoms with van der Waals surface area (Å²) in [5.74, 6) is 0. The Morgan fingerprint density at radius 3 is 2.06 bits per heavy atom. The second kappa shape index (κ2) is 10.1. The number of aliphatic hydroxyl groups is 1. The topological polar surface area (TPSA) is 32.3 Å². The molecule has 0 aliphatic rings. The van der Waals surface area contributed by atoms with Gasteiger partial charge in [0.25, 0.3) is 0 Å². The highest BCUT2D eigenvalue weighted by molar-refractivity contribution is 4.74. The summed E-state index contributed by atoms with van der Waals surface area (Å²) in [4.78, 5) is 0. The van der Waals surface area contributed by atoms with E-state index in [-0.39, 0.29) is 0 Å². The zero-order valence-electron chi connectivity index (χ0n) is 11.5. The lowest BCUT2D eigenvalue weighted by molar-refractivity contribution is 0.0486. The average molecular weight is 229 g/mol. The van der Waals surface area contributed by atoms with Crippen molar-refractivity contribution >= 4 is 0 Å². The third-order valence-corrected chi connectivity index (χ3v) is 3.07. The summed E-state index contributed by atoms with van der Waals surface area (Å²) in [7, 11) is 0. The molecule has 0 heterocycles. The van der Waals surface area contributed by atoms with Gasteiger partial charge < -0.3 is 10.4 Å². The van der Waals surface area contributed by atoms with Crippen LogP contribution < -0.4 is 5.32 Å². The van der Waals surface area contributed by atoms with E-state index in [1.165, 1.54) is 38.5 Å². The highest BCUT2D eigenvalue weighted by atomic mass is 16.3. The third kappa shape index (κ3) is 10.4. The van der Waals surface area contributed by atoms with Crippen molar-refractivity contribution < 1.29 is 5.11 Å². The van der Waals surface area contributed by atoms with E-state index in [0.29, 0.717) is 0 Å². The van der Waals surface area contributed by atoms with Crippen LogP contribution in [0.15, 0.2) is 0 Å². The number of unbranched alkanes of at least 4 members (excludes halogenated alkanes) is 6. The van der Waals surface area contributed by atoms with E-state index < -0.39 is 5.60 Å². The molecule has 0 fully saturated rings. The number of likely N-dealkylation sites (N-methyl/N-ethyl adjacent to an activating group) is 1. The standard InChI is InChI=1S/C14H31NO/c1-4-6-7-8-9-10-11-12-14(3,16)13-15-5-2/h15-16H,4-13H2,1-3H3. The van der Waals surface area contributed by atoms with Crippen molar-refractivity contribution in [2.45, 2.75) is 77.7 Å². The quantitative estimate of drug-likeness (QED) is 0.532. The molecule has 0 aromatic rings. The molecule has 1 atom stereocenters. The molecule has 2 N–H and O–H groups in total. The molecule has 0 rings (SSSR count). The number of nitrogens with one attached hydrogen (secondary N) is 1. The summed E-state index contributed by atoms with van der Waals surface area (Å²) in [5, 5.41) is 13.2. The van der Waals surface area contributed by atoms with Gasteiger partial charge in [-0.1, -0.05) is 58.8 Å². The normalized spacial score (nSPS) is 15.0. The lowest BCUT2D eigenvalue weighted by Gasteiger charge is -2.23. The van der Waals surface area contributed by atoms with Crippen molar-refractivity contribution in [2.24, 2.45) is 0 Å². The summed E-state index contributed by atoms with van der Waals surface area (Å²) in [5.41, 5.74) is -0.514. The highest BCUT2D eigenvalue weighted by Crippen LogP contribution is 2.15. The molecule has 0 saturated carbocycles. The molecule has 98 valence electrons. The van der Waals surface area contributed by atoms with Gasteiger partial charge >= 0.3 is 0 Å². The second-order valence-electron chi connectivity index (χ2n) is 5.15. The van der Waals surface area contributed by atoms with Crippen LogP contribution >= 0.6 is 0 Å². The van der Waals surface area contributed by atoms with Gasteiger partial charge in [0.05, 0.1) is 5.60 Å². The number of hydrogen-bond donors (Lipinski definition) is 2. The largest absolute Gasteiger partial charge is 0.389 e. The van der Waals surface area contributed by atoms with Crippen LogP contribution in [0.3, 0.4) is 0 Å². The molecule has 16 heavy (non-hydrogen) atoms. The van der Waals surface area contributed by atoms with Gasteiger partial charge in [0.1, 0.15) is 0 Å². The van der Waals surface area contributed by atoms with E-state index in [9.17, 15) is 5.11 Å². The molecular weight excluding hydrogens is 198 g/mol. The van der Waals surface area contributed by atoms with Gasteiger partial charge in [-0.05, 0) is 19.9 Å². The summed E-state index contributed by atoms with van der Waals surface area (Å²) >= 11 is 0. The fourth-order valence-electron chi connectivity index (χ4n) is 1.95. The Balaban J connectivity index is 3.29. The monoisotopic (exact) mass is 229 g/mol. The van der Waals surface area contributed by atoms with E-state index in [4.69, 9.17) is 0 Å². The van der Waals surface area contributed by atoms with Crippen molar-refractivity contribution in [3.63, 3.8) is 0 Å². The van der Waals surface area contributed by atoms with Crippen LogP contribution in [0.25, 0.3) is 0 Å². The predicted molar refractivity (Wildman–Crippen MR) is 71.8 cm³/mol. The molecule has 0 aliphatic carbocycles. The zero-order valence-corrected chi connectivity index (χ0v) is 11.5. The fraction of sp³-hybridized carbons (Fsp3) is 1.00. The van der Waals surface area contributed by atoms with Crippen LogP contribution in [0, 0.1) is 0 Å². The summed E-state index contributed by atoms with van der Waals surface area (Å²) in [6.45, 7) is 7.92. The van der Waals surface area contributed by atoms with Crippen molar-refractivity contribution in [2.75, 3.05) is 13.1 Å². The fourth-order valence-corrected chi connectivity index (χ4v) is 1.95. The first-order chi connectivity index (χ1) is 7.62. The van der Waals surface area contributed by atoms with Crippen LogP contribution in [0.2, 0.25) is 0 Å². The Morgan fingerprint density at radius 1 is 0.938 bits per heavy atom. The molecule has 0 amide bonds. The van der Waals surface area contributed by atoms with Gasteiger partial charge in [0.15, 0.2) is 0 Å². The van der Waals surface area contributed by atoms with Gasteiger partial charge in [-0.3, -0.25) is 0 Å². The molecule has 0 aliphatic heterocycles. The molecule has 0 spiro atoms. The third-order valence-electron chi connectivity index (χ3n) is 3.07. The minimum atomic E-state index is -0.514. The van der Waals surface area contributed by atoms with Crippen molar-refractivity contribution in [1.29, 1.82) is 0 Å². The number of hydrogen-bond acceptors (Lipinski definition) is 2. The Bertz CT molecular complexity index is 146. The van der Waals surface area contributed by atoms with Gasteiger partial charge in [-0.25, -0.2) is 0 Å². The first-order valence-electron chi connectivity index (χ1n) is 7.05. The molecule has 0 bridgehead atoms. The van der Waals surface area contributed by atoms with Crippen LogP contribution in [-0.4, -0.2) is 23.8 Å². The highest BCUT2D eigenvalue weighted by Gasteiger charge is 2.18. The molecule has 0 aromatic heterocycles. The Kier molecular flexibility index (Phi) is 10.0. The summed E-state index contributed by atoms with van der Waals surface area (Å²) < 4.78 is 0. The Labute approximate surface area is 102 Å². The van der Waals surface area contributed by atoms with Gasteiger partial charge in [-0.2, -0.15) is 0 Å². The van der Waals surface area contributed by atoms with Gasteiger partial charge in [0.2, 0.25) is 0 Å². The summed E-state index contributed by atoms with van der Waals surface area (Å²) in [6.07, 6.45) is 10.1. The molecular formula is C14H31NO. The van der Waals surface area contributed by atoms with Crippen LogP contribution in [0.4, 0.5) is 0 Å². The summed E-state index contributed by atoms with van der Waals surface area (Å²) in [6, 6.07) is 0. The molecule has 0 aromatic carbocycles. The Morgan fingerprint density at radius 2 is 1.50 bits per heavy atom. The maximum Gasteiger partial charge on any atom is 0.0743 e. The first-order valence-corrected chi connectivity index (χ1v) is 7.05. The molecule has 2 nitrogen and oxygen atoms in total. The minimum absolute atomic E-state index is 0.514. The van der Waals surface area contributed by atoms with Crippen molar-refractivity contribution in [3.05, 3.63) is 0 Å². The maximum absolute atomic E-state index is 10.0. The van der Waals surface area contributed by atoms with E-state index in [0.717, 1.165) is 25.9 Å². The smallest absolute Gasteiger partial charge is 0.0743 e. The van der Waals surface area contributed by atoms with E-state index >= 15 is 0 Å². The molecule has 2 heteroatoms. The molecule has 1 unspecified atom stereocenters. The minimum Gasteiger partial charge on any atom is -0.389 e. The SMILES string of the molecule is CCCCCCCCCC(C)(O)CNCC. The molecule has 0 saturated heterocycles. The van der Waals surface area contributed by atoms with Crippen molar-refractivity contribution in [1.82, 2.24) is 5.32 Å². The van der Waals surface area contributed by atoms with Crippen LogP contribution in [0.5, 0.6) is 0 Å². The molecule has 0 radical (unpaired) electrons. The first kappa shape index (κ1) is 15.9.